The number of hydrogen-bond acceptors (Lipinski definition) is 4. The molecule has 2 saturated heterocycles. The van der Waals surface area contributed by atoms with Crippen LogP contribution in [0.3, 0.4) is 0 Å². The van der Waals surface area contributed by atoms with E-state index in [-0.39, 0.29) is 47.3 Å². The number of benzene rings is 5. The third-order valence-corrected chi connectivity index (χ3v) is 12.3. The van der Waals surface area contributed by atoms with Crippen molar-refractivity contribution in [3.8, 4) is 0 Å². The van der Waals surface area contributed by atoms with Crippen LogP contribution in [0, 0.1) is 23.7 Å². The Labute approximate surface area is 276 Å². The third-order valence-electron chi connectivity index (χ3n) is 12.3. The summed E-state index contributed by atoms with van der Waals surface area (Å²) in [4.78, 5) is 59.7. The predicted molar refractivity (Wildman–Crippen MR) is 179 cm³/mol. The lowest BCUT2D eigenvalue weighted by atomic mass is 9.55. The van der Waals surface area contributed by atoms with E-state index in [1.807, 2.05) is 48.5 Å². The number of imide groups is 2. The Hall–Kier alpha value is -5.62. The normalized spacial score (nSPS) is 29.8. The lowest BCUT2D eigenvalue weighted by Crippen LogP contribution is -2.41. The molecule has 6 aliphatic carbocycles. The molecule has 4 amide bonds. The van der Waals surface area contributed by atoms with Gasteiger partial charge >= 0.3 is 0 Å². The van der Waals surface area contributed by atoms with Crippen LogP contribution in [0.5, 0.6) is 0 Å². The second kappa shape index (κ2) is 9.04. The van der Waals surface area contributed by atoms with E-state index in [0.29, 0.717) is 11.4 Å². The number of amides is 4. The summed E-state index contributed by atoms with van der Waals surface area (Å²) in [6.45, 7) is 0. The van der Waals surface area contributed by atoms with E-state index in [1.165, 1.54) is 9.80 Å². The number of carbonyl (C=O) groups excluding carboxylic acids is 4. The SMILES string of the molecule is O=C1[C@@H]2C3c4ccccc4C(c4ccccc43)[C@H]2C(=O)N1c1ccc(N2C(=O)[C@@H]3C4c5ccccc5C(c5ccccc54)[C@H]3C2=O)cc1. The van der Waals surface area contributed by atoms with Gasteiger partial charge in [-0.25, -0.2) is 9.80 Å². The second-order valence-corrected chi connectivity index (χ2v) is 14.1. The summed E-state index contributed by atoms with van der Waals surface area (Å²) in [5, 5.41) is 0. The van der Waals surface area contributed by atoms with Gasteiger partial charge in [-0.1, -0.05) is 97.1 Å². The van der Waals surface area contributed by atoms with Gasteiger partial charge in [0.05, 0.1) is 35.0 Å². The highest BCUT2D eigenvalue weighted by molar-refractivity contribution is 6.25. The van der Waals surface area contributed by atoms with E-state index >= 15 is 0 Å². The zero-order valence-corrected chi connectivity index (χ0v) is 25.7. The molecule has 0 aromatic heterocycles. The van der Waals surface area contributed by atoms with Crippen LogP contribution in [0.4, 0.5) is 11.4 Å². The van der Waals surface area contributed by atoms with Crippen molar-refractivity contribution < 1.29 is 19.2 Å². The molecule has 0 spiro atoms. The molecule has 2 aliphatic heterocycles. The summed E-state index contributed by atoms with van der Waals surface area (Å²) < 4.78 is 0. The first kappa shape index (κ1) is 26.4. The molecular weight excluding hydrogens is 596 g/mol. The fourth-order valence-electron chi connectivity index (χ4n) is 10.6. The van der Waals surface area contributed by atoms with Crippen molar-refractivity contribution in [1.29, 1.82) is 0 Å². The van der Waals surface area contributed by atoms with Gasteiger partial charge in [-0.3, -0.25) is 19.2 Å². The molecule has 5 aromatic carbocycles. The fourth-order valence-corrected chi connectivity index (χ4v) is 10.6. The first-order valence-electron chi connectivity index (χ1n) is 16.8. The number of carbonyl (C=O) groups is 4. The van der Waals surface area contributed by atoms with Gasteiger partial charge in [-0.15, -0.1) is 0 Å². The van der Waals surface area contributed by atoms with Crippen molar-refractivity contribution >= 4 is 35.0 Å². The van der Waals surface area contributed by atoms with E-state index in [4.69, 9.17) is 0 Å². The summed E-state index contributed by atoms with van der Waals surface area (Å²) >= 11 is 0. The van der Waals surface area contributed by atoms with Crippen molar-refractivity contribution in [3.05, 3.63) is 166 Å². The van der Waals surface area contributed by atoms with Gasteiger partial charge in [0.2, 0.25) is 23.6 Å². The average molecular weight is 625 g/mol. The molecule has 0 radical (unpaired) electrons. The van der Waals surface area contributed by atoms with Crippen LogP contribution in [0.25, 0.3) is 0 Å². The number of hydrogen-bond donors (Lipinski definition) is 0. The molecule has 13 rings (SSSR count). The molecule has 8 aliphatic rings. The molecule has 0 saturated carbocycles. The van der Waals surface area contributed by atoms with Gasteiger partial charge in [0.1, 0.15) is 0 Å². The smallest absolute Gasteiger partial charge is 0.238 e. The van der Waals surface area contributed by atoms with Crippen LogP contribution in [0.1, 0.15) is 68.2 Å². The van der Waals surface area contributed by atoms with Crippen LogP contribution in [0.15, 0.2) is 121 Å². The molecule has 48 heavy (non-hydrogen) atoms. The highest BCUT2D eigenvalue weighted by Crippen LogP contribution is 2.63. The minimum Gasteiger partial charge on any atom is -0.274 e. The maximum atomic E-state index is 14.3. The molecule has 2 fully saturated rings. The maximum Gasteiger partial charge on any atom is 0.238 e. The highest BCUT2D eigenvalue weighted by atomic mass is 16.2. The molecule has 2 heterocycles. The Morgan fingerprint density at radius 3 is 0.667 bits per heavy atom. The number of anilines is 2. The van der Waals surface area contributed by atoms with Crippen LogP contribution < -0.4 is 9.80 Å². The first-order chi connectivity index (χ1) is 23.5. The summed E-state index contributed by atoms with van der Waals surface area (Å²) in [6, 6.07) is 39.7. The molecule has 230 valence electrons. The zero-order chi connectivity index (χ0) is 32.0. The van der Waals surface area contributed by atoms with Crippen molar-refractivity contribution in [3.63, 3.8) is 0 Å². The summed E-state index contributed by atoms with van der Waals surface area (Å²) in [7, 11) is 0. The molecule has 4 bridgehead atoms. The second-order valence-electron chi connectivity index (χ2n) is 14.1. The highest BCUT2D eigenvalue weighted by Gasteiger charge is 2.63. The van der Waals surface area contributed by atoms with E-state index in [2.05, 4.69) is 48.5 Å². The van der Waals surface area contributed by atoms with Crippen LogP contribution in [-0.2, 0) is 19.2 Å². The third kappa shape index (κ3) is 3.00. The topological polar surface area (TPSA) is 74.8 Å². The monoisotopic (exact) mass is 624 g/mol. The van der Waals surface area contributed by atoms with Crippen LogP contribution in [0.2, 0.25) is 0 Å². The van der Waals surface area contributed by atoms with Crippen molar-refractivity contribution in [2.45, 2.75) is 23.7 Å². The maximum absolute atomic E-state index is 14.3. The van der Waals surface area contributed by atoms with E-state index in [9.17, 15) is 19.2 Å². The van der Waals surface area contributed by atoms with Gasteiger partial charge in [-0.05, 0) is 68.8 Å². The van der Waals surface area contributed by atoms with E-state index in [0.717, 1.165) is 44.5 Å². The van der Waals surface area contributed by atoms with Crippen molar-refractivity contribution in [2.24, 2.45) is 23.7 Å². The van der Waals surface area contributed by atoms with Crippen molar-refractivity contribution in [2.75, 3.05) is 9.80 Å². The Bertz CT molecular complexity index is 1920. The standard InChI is InChI=1S/C42H28N2O4/c45-39-35-31-23-9-1-2-10-24(23)32(26-12-4-3-11-25(26)31)36(35)40(46)43(39)21-17-19-22(20-18-21)44-41(47)37-33-27-13-5-6-14-28(27)34(38(37)42(44)48)30-16-8-7-15-29(30)33/h1-20,31-38H/t31?,32?,33?,34?,35-,36-,37-,38-/m1/s1. The minimum absolute atomic E-state index is 0.181. The minimum atomic E-state index is -0.476. The molecule has 5 aromatic rings. The summed E-state index contributed by atoms with van der Waals surface area (Å²) in [5.74, 6) is -3.39. The molecule has 0 unspecified atom stereocenters. The molecule has 6 heteroatoms. The molecular formula is C42H28N2O4. The van der Waals surface area contributed by atoms with Gasteiger partial charge in [0.25, 0.3) is 0 Å². The van der Waals surface area contributed by atoms with E-state index < -0.39 is 23.7 Å². The van der Waals surface area contributed by atoms with Crippen LogP contribution in [-0.4, -0.2) is 23.6 Å². The van der Waals surface area contributed by atoms with Gasteiger partial charge in [0.15, 0.2) is 0 Å². The average Bonchev–Trinajstić information content (AvgIpc) is 3.56. The zero-order valence-electron chi connectivity index (χ0n) is 25.7. The molecule has 0 N–H and O–H groups in total. The predicted octanol–water partition coefficient (Wildman–Crippen LogP) is 6.48. The van der Waals surface area contributed by atoms with E-state index in [1.54, 1.807) is 24.3 Å². The Morgan fingerprint density at radius 1 is 0.292 bits per heavy atom. The van der Waals surface area contributed by atoms with Crippen LogP contribution >= 0.6 is 0 Å². The largest absolute Gasteiger partial charge is 0.274 e. The lowest BCUT2D eigenvalue weighted by molar-refractivity contribution is -0.124. The van der Waals surface area contributed by atoms with Gasteiger partial charge < -0.3 is 0 Å². The molecule has 4 atom stereocenters. The van der Waals surface area contributed by atoms with Gasteiger partial charge in [0, 0.05) is 23.7 Å². The summed E-state index contributed by atoms with van der Waals surface area (Å²) in [5.41, 5.74) is 9.98. The van der Waals surface area contributed by atoms with Crippen molar-refractivity contribution in [1.82, 2.24) is 0 Å². The fraction of sp³-hybridized carbons (Fsp3) is 0.190. The molecule has 6 nitrogen and oxygen atoms in total. The Kier molecular flexibility index (Phi) is 4.98. The number of rotatable bonds is 2. The summed E-state index contributed by atoms with van der Waals surface area (Å²) in [6.07, 6.45) is 0. The Morgan fingerprint density at radius 2 is 0.479 bits per heavy atom. The quantitative estimate of drug-likeness (QED) is 0.211. The first-order valence-corrected chi connectivity index (χ1v) is 16.8. The van der Waals surface area contributed by atoms with Gasteiger partial charge in [-0.2, -0.15) is 0 Å². The Balaban J connectivity index is 0.951. The number of nitrogens with zero attached hydrogens (tertiary/aromatic N) is 2. The lowest BCUT2D eigenvalue weighted by Gasteiger charge is -2.45.